The number of nitrogens with zero attached hydrogens (tertiary/aromatic N) is 3. The summed E-state index contributed by atoms with van der Waals surface area (Å²) in [5.74, 6) is -0.904. The maximum atomic E-state index is 12.6. The van der Waals surface area contributed by atoms with Gasteiger partial charge in [0.25, 0.3) is 5.91 Å². The lowest BCUT2D eigenvalue weighted by Gasteiger charge is -2.16. The van der Waals surface area contributed by atoms with Crippen molar-refractivity contribution in [2.45, 2.75) is 6.54 Å². The molecule has 0 radical (unpaired) electrons. The number of amides is 1. The first-order valence-electron chi connectivity index (χ1n) is 8.18. The SMILES string of the molecule is COC(=O)C1=C(Nc2ccccc2Cn2cccn2)C(=O)N(CCO)C1. The third-order valence-electron chi connectivity index (χ3n) is 4.12. The number of aliphatic hydroxyl groups excluding tert-OH is 1. The van der Waals surface area contributed by atoms with E-state index in [2.05, 4.69) is 10.4 Å². The van der Waals surface area contributed by atoms with Crippen LogP contribution >= 0.6 is 0 Å². The number of rotatable bonds is 7. The number of benzene rings is 1. The third-order valence-corrected chi connectivity index (χ3v) is 4.12. The van der Waals surface area contributed by atoms with Crippen LogP contribution in [0.15, 0.2) is 54.0 Å². The van der Waals surface area contributed by atoms with Crippen molar-refractivity contribution in [3.63, 3.8) is 0 Å². The summed E-state index contributed by atoms with van der Waals surface area (Å²) in [5, 5.41) is 16.4. The predicted octanol–water partition coefficient (Wildman–Crippen LogP) is 0.605. The largest absolute Gasteiger partial charge is 0.466 e. The van der Waals surface area contributed by atoms with Crippen LogP contribution in [0.4, 0.5) is 5.69 Å². The minimum atomic E-state index is -0.564. The van der Waals surface area contributed by atoms with E-state index in [0.29, 0.717) is 12.2 Å². The van der Waals surface area contributed by atoms with Crippen LogP contribution in [0.3, 0.4) is 0 Å². The zero-order valence-electron chi connectivity index (χ0n) is 14.4. The number of ether oxygens (including phenoxy) is 1. The van der Waals surface area contributed by atoms with Gasteiger partial charge in [-0.2, -0.15) is 5.10 Å². The Kier molecular flexibility index (Phi) is 5.33. The number of aromatic nitrogens is 2. The van der Waals surface area contributed by atoms with Crippen molar-refractivity contribution >= 4 is 17.6 Å². The Bertz CT molecular complexity index is 829. The van der Waals surface area contributed by atoms with Gasteiger partial charge in [0.15, 0.2) is 0 Å². The Morgan fingerprint density at radius 3 is 2.85 bits per heavy atom. The van der Waals surface area contributed by atoms with Gasteiger partial charge in [-0.25, -0.2) is 4.79 Å². The van der Waals surface area contributed by atoms with Gasteiger partial charge in [-0.1, -0.05) is 18.2 Å². The van der Waals surface area contributed by atoms with Crippen LogP contribution in [0.1, 0.15) is 5.56 Å². The fourth-order valence-electron chi connectivity index (χ4n) is 2.83. The summed E-state index contributed by atoms with van der Waals surface area (Å²) in [6, 6.07) is 9.34. The molecule has 2 heterocycles. The van der Waals surface area contributed by atoms with E-state index in [1.807, 2.05) is 36.5 Å². The Labute approximate surface area is 150 Å². The summed E-state index contributed by atoms with van der Waals surface area (Å²) >= 11 is 0. The molecule has 8 nitrogen and oxygen atoms in total. The lowest BCUT2D eigenvalue weighted by atomic mass is 10.1. The smallest absolute Gasteiger partial charge is 0.337 e. The van der Waals surface area contributed by atoms with Crippen LogP contribution in [0.5, 0.6) is 0 Å². The van der Waals surface area contributed by atoms with E-state index in [9.17, 15) is 9.59 Å². The van der Waals surface area contributed by atoms with Gasteiger partial charge < -0.3 is 20.1 Å². The van der Waals surface area contributed by atoms with Crippen molar-refractivity contribution in [2.24, 2.45) is 0 Å². The molecule has 1 aromatic heterocycles. The highest BCUT2D eigenvalue weighted by Gasteiger charge is 2.34. The number of β-amino-alcohol motifs (C(OH)–C–C–N with tert-alkyl or cyclic N) is 1. The van der Waals surface area contributed by atoms with E-state index in [4.69, 9.17) is 9.84 Å². The van der Waals surface area contributed by atoms with Crippen molar-refractivity contribution in [3.8, 4) is 0 Å². The molecule has 0 unspecified atom stereocenters. The van der Waals surface area contributed by atoms with Gasteiger partial charge in [-0.3, -0.25) is 9.48 Å². The average molecular weight is 356 g/mol. The van der Waals surface area contributed by atoms with Crippen LogP contribution in [0.2, 0.25) is 0 Å². The molecule has 0 fully saturated rings. The number of nitrogens with one attached hydrogen (secondary N) is 1. The molecule has 136 valence electrons. The molecule has 0 spiro atoms. The molecule has 2 N–H and O–H groups in total. The van der Waals surface area contributed by atoms with Crippen molar-refractivity contribution in [2.75, 3.05) is 32.1 Å². The van der Waals surface area contributed by atoms with Crippen LogP contribution in [-0.4, -0.2) is 58.5 Å². The normalized spacial score (nSPS) is 14.1. The number of aliphatic hydroxyl groups is 1. The molecule has 1 amide bonds. The highest BCUT2D eigenvalue weighted by molar-refractivity contribution is 6.08. The topological polar surface area (TPSA) is 96.7 Å². The third kappa shape index (κ3) is 3.60. The van der Waals surface area contributed by atoms with Crippen LogP contribution < -0.4 is 5.32 Å². The predicted molar refractivity (Wildman–Crippen MR) is 94.1 cm³/mol. The first-order valence-corrected chi connectivity index (χ1v) is 8.18. The molecule has 1 aliphatic heterocycles. The first kappa shape index (κ1) is 17.7. The molecule has 1 aromatic carbocycles. The van der Waals surface area contributed by atoms with Crippen LogP contribution in [0.25, 0.3) is 0 Å². The van der Waals surface area contributed by atoms with E-state index in [1.54, 1.807) is 10.9 Å². The quantitative estimate of drug-likeness (QED) is 0.706. The summed E-state index contributed by atoms with van der Waals surface area (Å²) in [6.07, 6.45) is 3.54. The lowest BCUT2D eigenvalue weighted by molar-refractivity contribution is -0.136. The highest BCUT2D eigenvalue weighted by Crippen LogP contribution is 2.25. The first-order chi connectivity index (χ1) is 12.6. The van der Waals surface area contributed by atoms with Gasteiger partial charge in [0.05, 0.1) is 32.4 Å². The molecule has 2 aromatic rings. The Morgan fingerprint density at radius 2 is 2.15 bits per heavy atom. The maximum absolute atomic E-state index is 12.6. The number of carbonyl (C=O) groups excluding carboxylic acids is 2. The number of hydrogen-bond donors (Lipinski definition) is 2. The van der Waals surface area contributed by atoms with Gasteiger partial charge in [0, 0.05) is 24.6 Å². The maximum Gasteiger partial charge on any atom is 0.337 e. The standard InChI is InChI=1S/C18H20N4O4/c1-26-18(25)14-12-21(9-10-23)17(24)16(14)20-15-6-3-2-5-13(15)11-22-8-4-7-19-22/h2-8,20,23H,9-12H2,1H3. The molecular formula is C18H20N4O4. The van der Waals surface area contributed by atoms with E-state index in [-0.39, 0.29) is 36.9 Å². The second-order valence-electron chi connectivity index (χ2n) is 5.78. The van der Waals surface area contributed by atoms with Crippen molar-refractivity contribution in [3.05, 3.63) is 59.6 Å². The molecule has 0 saturated carbocycles. The van der Waals surface area contributed by atoms with Crippen LogP contribution in [-0.2, 0) is 20.9 Å². The molecule has 8 heteroatoms. The molecule has 3 rings (SSSR count). The molecule has 0 bridgehead atoms. The number of methoxy groups -OCH3 is 1. The number of para-hydroxylation sites is 1. The van der Waals surface area contributed by atoms with Gasteiger partial charge in [0.2, 0.25) is 0 Å². The summed E-state index contributed by atoms with van der Waals surface area (Å²) in [7, 11) is 1.28. The van der Waals surface area contributed by atoms with E-state index in [0.717, 1.165) is 5.56 Å². The second kappa shape index (κ2) is 7.83. The molecule has 26 heavy (non-hydrogen) atoms. The van der Waals surface area contributed by atoms with Gasteiger partial charge in [-0.05, 0) is 17.7 Å². The monoisotopic (exact) mass is 356 g/mol. The van der Waals surface area contributed by atoms with Crippen molar-refractivity contribution in [1.82, 2.24) is 14.7 Å². The Morgan fingerprint density at radius 1 is 1.35 bits per heavy atom. The zero-order valence-corrected chi connectivity index (χ0v) is 14.4. The number of carbonyl (C=O) groups is 2. The fraction of sp³-hybridized carbons (Fsp3) is 0.278. The number of esters is 1. The molecule has 0 aliphatic carbocycles. The van der Waals surface area contributed by atoms with Gasteiger partial charge >= 0.3 is 5.97 Å². The Balaban J connectivity index is 1.90. The van der Waals surface area contributed by atoms with Crippen molar-refractivity contribution < 1.29 is 19.4 Å². The molecule has 0 atom stereocenters. The minimum Gasteiger partial charge on any atom is -0.466 e. The van der Waals surface area contributed by atoms with E-state index < -0.39 is 5.97 Å². The van der Waals surface area contributed by atoms with Gasteiger partial charge in [-0.15, -0.1) is 0 Å². The molecular weight excluding hydrogens is 336 g/mol. The zero-order chi connectivity index (χ0) is 18.5. The summed E-state index contributed by atoms with van der Waals surface area (Å²) in [5.41, 5.74) is 2.05. The summed E-state index contributed by atoms with van der Waals surface area (Å²) < 4.78 is 6.57. The fourth-order valence-corrected chi connectivity index (χ4v) is 2.83. The highest BCUT2D eigenvalue weighted by atomic mass is 16.5. The minimum absolute atomic E-state index is 0.107. The summed E-state index contributed by atoms with van der Waals surface area (Å²) in [4.78, 5) is 26.1. The summed E-state index contributed by atoms with van der Waals surface area (Å²) in [6.45, 7) is 0.601. The van der Waals surface area contributed by atoms with Gasteiger partial charge in [0.1, 0.15) is 5.70 Å². The van der Waals surface area contributed by atoms with Crippen LogP contribution in [0, 0.1) is 0 Å². The molecule has 1 aliphatic rings. The molecule has 0 saturated heterocycles. The Hall–Kier alpha value is -3.13. The number of hydrogen-bond acceptors (Lipinski definition) is 6. The average Bonchev–Trinajstić information content (AvgIpc) is 3.26. The van der Waals surface area contributed by atoms with E-state index >= 15 is 0 Å². The second-order valence-corrected chi connectivity index (χ2v) is 5.78. The van der Waals surface area contributed by atoms with Crippen molar-refractivity contribution in [1.29, 1.82) is 0 Å². The lowest BCUT2D eigenvalue weighted by Crippen LogP contribution is -2.31. The number of anilines is 1. The van der Waals surface area contributed by atoms with E-state index in [1.165, 1.54) is 12.0 Å².